The van der Waals surface area contributed by atoms with Gasteiger partial charge in [0.1, 0.15) is 0 Å². The molecule has 0 aromatic rings. The summed E-state index contributed by atoms with van der Waals surface area (Å²) in [7, 11) is 19.1. The van der Waals surface area contributed by atoms with Crippen molar-refractivity contribution in [3.05, 3.63) is 0 Å². The molecule has 0 unspecified atom stereocenters. The molecule has 0 rings (SSSR count). The maximum atomic E-state index is 4.76. The van der Waals surface area contributed by atoms with Gasteiger partial charge in [-0.1, -0.05) is 0 Å². The molecule has 0 aliphatic heterocycles. The second-order valence-corrected chi connectivity index (χ2v) is 3.75. The number of hydrogen-bond donors (Lipinski definition) is 0. The minimum atomic E-state index is 0. The van der Waals surface area contributed by atoms with Crippen LogP contribution in [0.3, 0.4) is 0 Å². The van der Waals surface area contributed by atoms with E-state index in [2.05, 4.69) is 0 Å². The van der Waals surface area contributed by atoms with Gasteiger partial charge in [-0.05, 0) is 0 Å². The summed E-state index contributed by atoms with van der Waals surface area (Å²) in [6.45, 7) is 0. The Labute approximate surface area is 85.8 Å². The first-order valence-electron chi connectivity index (χ1n) is 0.535. The molecule has 0 bridgehead atoms. The summed E-state index contributed by atoms with van der Waals surface area (Å²) in [5.74, 6) is 0. The molecular weight excluding hydrogens is 360 g/mol. The van der Waals surface area contributed by atoms with Crippen LogP contribution in [0.4, 0.5) is 0 Å². The van der Waals surface area contributed by atoms with Crippen molar-refractivity contribution in [1.82, 2.24) is 0 Å². The van der Waals surface area contributed by atoms with Gasteiger partial charge in [-0.25, -0.2) is 0 Å². The molecule has 0 aromatic carbocycles. The largest absolute Gasteiger partial charge is 0 e. The Bertz CT molecular complexity index is 11.7. The van der Waals surface area contributed by atoms with Crippen LogP contribution in [0, 0.1) is 0 Å². The average molecular weight is 360 g/mol. The van der Waals surface area contributed by atoms with Gasteiger partial charge in [0.15, 0.2) is 0 Å². The Morgan fingerprint density at radius 1 is 0.714 bits per heavy atom. The van der Waals surface area contributed by atoms with E-state index < -0.39 is 0 Å². The number of hydrogen-bond acceptors (Lipinski definition) is 0. The SMILES string of the molecule is [Cl][Fe][Cl].[Cl][Fe][Cl].[Pd]. The van der Waals surface area contributed by atoms with Crippen LogP contribution >= 0.6 is 40.4 Å². The second kappa shape index (κ2) is 23.2. The fraction of sp³-hybridized carbons (Fsp3) is 0. The van der Waals surface area contributed by atoms with Crippen LogP contribution in [0.1, 0.15) is 0 Å². The van der Waals surface area contributed by atoms with Gasteiger partial charge in [-0.2, -0.15) is 0 Å². The fourth-order valence-corrected chi connectivity index (χ4v) is 0. The Hall–Kier alpha value is 2.86. The van der Waals surface area contributed by atoms with E-state index in [1.54, 1.807) is 0 Å². The third-order valence-electron chi connectivity index (χ3n) is 0. The molecular formula is Cl4Fe2Pd. The Kier molecular flexibility index (Phi) is 54.5. The minimum absolute atomic E-state index is 0. The molecule has 0 aromatic heterocycles. The zero-order chi connectivity index (χ0) is 5.41. The van der Waals surface area contributed by atoms with Crippen molar-refractivity contribution in [2.45, 2.75) is 0 Å². The molecule has 0 atom stereocenters. The first-order chi connectivity index (χ1) is 2.83. The molecule has 0 saturated heterocycles. The third-order valence-corrected chi connectivity index (χ3v) is 0. The molecule has 0 aliphatic rings. The molecule has 0 saturated carbocycles. The first-order valence-corrected chi connectivity index (χ1v) is 6.61. The van der Waals surface area contributed by atoms with Crippen LogP contribution in [-0.4, -0.2) is 0 Å². The van der Waals surface area contributed by atoms with E-state index in [0.717, 1.165) is 0 Å². The van der Waals surface area contributed by atoms with Crippen molar-refractivity contribution in [3.8, 4) is 0 Å². The summed E-state index contributed by atoms with van der Waals surface area (Å²) in [5.41, 5.74) is 0. The molecule has 0 heterocycles. The summed E-state index contributed by atoms with van der Waals surface area (Å²) in [6, 6.07) is 0. The van der Waals surface area contributed by atoms with Crippen LogP contribution < -0.4 is 0 Å². The van der Waals surface area contributed by atoms with Crippen molar-refractivity contribution < 1.29 is 46.7 Å². The van der Waals surface area contributed by atoms with Crippen LogP contribution in [0.5, 0.6) is 0 Å². The van der Waals surface area contributed by atoms with E-state index in [-0.39, 0.29) is 46.7 Å². The summed E-state index contributed by atoms with van der Waals surface area (Å²) in [5, 5.41) is 0. The average Bonchev–Trinajstić information content (AvgIpc) is 1.39. The molecule has 0 N–H and O–H groups in total. The molecule has 0 fully saturated rings. The van der Waals surface area contributed by atoms with Gasteiger partial charge in [0, 0.05) is 20.4 Å². The molecule has 54 valence electrons. The monoisotopic (exact) mass is 358 g/mol. The van der Waals surface area contributed by atoms with Crippen molar-refractivity contribution >= 4 is 40.4 Å². The van der Waals surface area contributed by atoms with E-state index >= 15 is 0 Å². The Morgan fingerprint density at radius 2 is 0.714 bits per heavy atom. The summed E-state index contributed by atoms with van der Waals surface area (Å²) in [6.07, 6.45) is 0. The zero-order valence-electron chi connectivity index (χ0n) is 2.54. The van der Waals surface area contributed by atoms with Gasteiger partial charge in [0.25, 0.3) is 0 Å². The Balaban J connectivity index is -0.0000000400. The van der Waals surface area contributed by atoms with Crippen molar-refractivity contribution in [2.24, 2.45) is 0 Å². The fourth-order valence-electron chi connectivity index (χ4n) is 0. The van der Waals surface area contributed by atoms with Crippen LogP contribution in [0.25, 0.3) is 0 Å². The normalized spacial score (nSPS) is 6.29. The van der Waals surface area contributed by atoms with Crippen LogP contribution in [0.2, 0.25) is 0 Å². The van der Waals surface area contributed by atoms with E-state index in [1.807, 2.05) is 0 Å². The standard InChI is InChI=1S/4ClH.2Fe.Pd/h4*1H;;;/q;;;;2*+2;/p-4. The molecule has 7 heavy (non-hydrogen) atoms. The number of halogens is 4. The molecule has 0 radical (unpaired) electrons. The quantitative estimate of drug-likeness (QED) is 0.583. The Morgan fingerprint density at radius 3 is 0.714 bits per heavy atom. The van der Waals surface area contributed by atoms with Crippen LogP contribution in [0.15, 0.2) is 0 Å². The summed E-state index contributed by atoms with van der Waals surface area (Å²) in [4.78, 5) is 0. The van der Waals surface area contributed by atoms with Crippen molar-refractivity contribution in [2.75, 3.05) is 0 Å². The first kappa shape index (κ1) is 16.4. The van der Waals surface area contributed by atoms with Gasteiger partial charge in [-0.3, -0.25) is 0 Å². The third kappa shape index (κ3) is 51.0. The van der Waals surface area contributed by atoms with Gasteiger partial charge < -0.3 is 0 Å². The molecule has 0 nitrogen and oxygen atoms in total. The van der Waals surface area contributed by atoms with Crippen LogP contribution in [-0.2, 0) is 46.7 Å². The summed E-state index contributed by atoms with van der Waals surface area (Å²) >= 11 is 0.389. The minimum Gasteiger partial charge on any atom is 0 e. The molecule has 0 amide bonds. The van der Waals surface area contributed by atoms with E-state index in [0.29, 0.717) is 0 Å². The van der Waals surface area contributed by atoms with E-state index in [4.69, 9.17) is 40.4 Å². The van der Waals surface area contributed by atoms with Gasteiger partial charge in [0.05, 0.1) is 0 Å². The smallest absolute Gasteiger partial charge is 0 e. The van der Waals surface area contributed by atoms with Crippen molar-refractivity contribution in [1.29, 1.82) is 0 Å². The van der Waals surface area contributed by atoms with Gasteiger partial charge in [0.2, 0.25) is 0 Å². The topological polar surface area (TPSA) is 0 Å². The molecule has 7 heteroatoms. The predicted octanol–water partition coefficient (Wildman–Crippen LogP) is 2.75. The van der Waals surface area contributed by atoms with Gasteiger partial charge in [-0.15, -0.1) is 0 Å². The van der Waals surface area contributed by atoms with Gasteiger partial charge >= 0.3 is 66.7 Å². The second-order valence-electron chi connectivity index (χ2n) is 0.101. The maximum Gasteiger partial charge on any atom is 0 e. The van der Waals surface area contributed by atoms with E-state index in [9.17, 15) is 0 Å². The maximum absolute atomic E-state index is 4.76. The summed E-state index contributed by atoms with van der Waals surface area (Å²) < 4.78 is 0. The molecule has 0 spiro atoms. The molecule has 0 aliphatic carbocycles. The van der Waals surface area contributed by atoms with Crippen molar-refractivity contribution in [3.63, 3.8) is 0 Å². The van der Waals surface area contributed by atoms with E-state index in [1.165, 1.54) is 0 Å². The predicted molar refractivity (Wildman–Crippen MR) is 23.4 cm³/mol. The zero-order valence-corrected chi connectivity index (χ0v) is 9.32. The number of rotatable bonds is 0.